The number of aryl methyl sites for hydroxylation is 1. The van der Waals surface area contributed by atoms with E-state index in [9.17, 15) is 0 Å². The molecule has 0 aliphatic rings. The summed E-state index contributed by atoms with van der Waals surface area (Å²) in [7, 11) is 1.68. The second-order valence-electron chi connectivity index (χ2n) is 4.07. The summed E-state index contributed by atoms with van der Waals surface area (Å²) < 4.78 is 6.37. The fraction of sp³-hybridized carbons (Fsp3) is 0.200. The summed E-state index contributed by atoms with van der Waals surface area (Å²) in [5, 5.41) is 0. The van der Waals surface area contributed by atoms with Crippen LogP contribution in [0.5, 0.6) is 5.75 Å². The SMILES string of the molecule is COc1ccc(C=Cc2sc(C)c(Br)c2C)cc1. The third-order valence-corrected chi connectivity index (χ3v) is 5.44. The predicted molar refractivity (Wildman–Crippen MR) is 83.4 cm³/mol. The first-order valence-corrected chi connectivity index (χ1v) is 7.30. The number of hydrogen-bond donors (Lipinski definition) is 0. The van der Waals surface area contributed by atoms with E-state index in [1.807, 2.05) is 23.5 Å². The Bertz CT molecular complexity index is 567. The molecule has 1 aromatic carbocycles. The smallest absolute Gasteiger partial charge is 0.118 e. The van der Waals surface area contributed by atoms with Crippen LogP contribution in [0, 0.1) is 13.8 Å². The van der Waals surface area contributed by atoms with Gasteiger partial charge in [0, 0.05) is 14.2 Å². The Kier molecular flexibility index (Phi) is 4.25. The number of ether oxygens (including phenoxy) is 1. The number of methoxy groups -OCH3 is 1. The third kappa shape index (κ3) is 2.85. The van der Waals surface area contributed by atoms with E-state index in [1.54, 1.807) is 7.11 Å². The van der Waals surface area contributed by atoms with Gasteiger partial charge in [-0.05, 0) is 59.1 Å². The molecule has 0 spiro atoms. The highest BCUT2D eigenvalue weighted by Gasteiger charge is 2.06. The molecule has 94 valence electrons. The van der Waals surface area contributed by atoms with Crippen LogP contribution in [0.1, 0.15) is 20.9 Å². The summed E-state index contributed by atoms with van der Waals surface area (Å²) in [6, 6.07) is 8.06. The van der Waals surface area contributed by atoms with E-state index >= 15 is 0 Å². The van der Waals surface area contributed by atoms with Gasteiger partial charge in [-0.25, -0.2) is 0 Å². The van der Waals surface area contributed by atoms with Crippen LogP contribution in [0.3, 0.4) is 0 Å². The van der Waals surface area contributed by atoms with E-state index in [4.69, 9.17) is 4.74 Å². The first kappa shape index (κ1) is 13.4. The number of rotatable bonds is 3. The second kappa shape index (κ2) is 5.72. The monoisotopic (exact) mass is 322 g/mol. The van der Waals surface area contributed by atoms with Crippen molar-refractivity contribution in [3.63, 3.8) is 0 Å². The van der Waals surface area contributed by atoms with Gasteiger partial charge in [0.1, 0.15) is 5.75 Å². The van der Waals surface area contributed by atoms with E-state index in [2.05, 4.69) is 54.1 Å². The fourth-order valence-electron chi connectivity index (χ4n) is 1.70. The molecule has 0 unspecified atom stereocenters. The Morgan fingerprint density at radius 2 is 1.78 bits per heavy atom. The lowest BCUT2D eigenvalue weighted by Crippen LogP contribution is -1.81. The Labute approximate surface area is 120 Å². The summed E-state index contributed by atoms with van der Waals surface area (Å²) >= 11 is 5.41. The van der Waals surface area contributed by atoms with Crippen molar-refractivity contribution < 1.29 is 4.74 Å². The van der Waals surface area contributed by atoms with Crippen molar-refractivity contribution in [1.29, 1.82) is 0 Å². The number of halogens is 1. The molecular weight excluding hydrogens is 308 g/mol. The van der Waals surface area contributed by atoms with Gasteiger partial charge in [0.05, 0.1) is 7.11 Å². The van der Waals surface area contributed by atoms with E-state index < -0.39 is 0 Å². The van der Waals surface area contributed by atoms with Crippen LogP contribution in [0.4, 0.5) is 0 Å². The predicted octanol–water partition coefficient (Wildman–Crippen LogP) is 5.31. The fourth-order valence-corrected chi connectivity index (χ4v) is 3.26. The Balaban J connectivity index is 2.21. The first-order valence-electron chi connectivity index (χ1n) is 5.69. The molecule has 2 aromatic rings. The molecule has 1 nitrogen and oxygen atoms in total. The van der Waals surface area contributed by atoms with Crippen LogP contribution in [0.15, 0.2) is 28.7 Å². The number of hydrogen-bond acceptors (Lipinski definition) is 2. The summed E-state index contributed by atoms with van der Waals surface area (Å²) in [6.07, 6.45) is 4.30. The molecule has 0 saturated heterocycles. The Hall–Kier alpha value is -1.06. The highest BCUT2D eigenvalue weighted by Crippen LogP contribution is 2.33. The Morgan fingerprint density at radius 1 is 1.11 bits per heavy atom. The van der Waals surface area contributed by atoms with Gasteiger partial charge in [-0.15, -0.1) is 11.3 Å². The molecule has 0 aliphatic carbocycles. The molecular formula is C15H15BrOS. The molecule has 0 amide bonds. The molecule has 0 N–H and O–H groups in total. The molecule has 1 heterocycles. The number of thiophene rings is 1. The van der Waals surface area contributed by atoms with Gasteiger partial charge in [-0.2, -0.15) is 0 Å². The number of benzene rings is 1. The van der Waals surface area contributed by atoms with Crippen LogP contribution in [0.25, 0.3) is 12.2 Å². The van der Waals surface area contributed by atoms with Crippen LogP contribution in [-0.4, -0.2) is 7.11 Å². The van der Waals surface area contributed by atoms with Crippen LogP contribution in [-0.2, 0) is 0 Å². The highest BCUT2D eigenvalue weighted by atomic mass is 79.9. The zero-order valence-electron chi connectivity index (χ0n) is 10.7. The average molecular weight is 323 g/mol. The van der Waals surface area contributed by atoms with Gasteiger partial charge < -0.3 is 4.74 Å². The van der Waals surface area contributed by atoms with Crippen molar-refractivity contribution in [2.24, 2.45) is 0 Å². The van der Waals surface area contributed by atoms with Gasteiger partial charge in [0.25, 0.3) is 0 Å². The van der Waals surface area contributed by atoms with Gasteiger partial charge in [-0.1, -0.05) is 18.2 Å². The molecule has 2 rings (SSSR count). The molecule has 3 heteroatoms. The van der Waals surface area contributed by atoms with E-state index in [0.717, 1.165) is 5.75 Å². The average Bonchev–Trinajstić information content (AvgIpc) is 2.64. The molecule has 0 atom stereocenters. The topological polar surface area (TPSA) is 9.23 Å². The molecule has 0 radical (unpaired) electrons. The molecule has 1 aromatic heterocycles. The maximum absolute atomic E-state index is 5.14. The quantitative estimate of drug-likeness (QED) is 0.744. The van der Waals surface area contributed by atoms with Crippen molar-refractivity contribution in [2.45, 2.75) is 13.8 Å². The van der Waals surface area contributed by atoms with E-state index in [1.165, 1.54) is 25.4 Å². The summed E-state index contributed by atoms with van der Waals surface area (Å²) in [6.45, 7) is 4.27. The minimum atomic E-state index is 0.887. The van der Waals surface area contributed by atoms with Crippen molar-refractivity contribution in [2.75, 3.05) is 7.11 Å². The molecule has 0 fully saturated rings. The molecule has 0 aliphatic heterocycles. The summed E-state index contributed by atoms with van der Waals surface area (Å²) in [5.41, 5.74) is 2.49. The first-order chi connectivity index (χ1) is 8.61. The van der Waals surface area contributed by atoms with Crippen molar-refractivity contribution >= 4 is 39.4 Å². The van der Waals surface area contributed by atoms with Crippen molar-refractivity contribution in [3.8, 4) is 5.75 Å². The minimum absolute atomic E-state index is 0.887. The van der Waals surface area contributed by atoms with Crippen molar-refractivity contribution in [1.82, 2.24) is 0 Å². The normalized spacial score (nSPS) is 11.1. The van der Waals surface area contributed by atoms with Crippen LogP contribution in [0.2, 0.25) is 0 Å². The highest BCUT2D eigenvalue weighted by molar-refractivity contribution is 9.10. The lowest BCUT2D eigenvalue weighted by Gasteiger charge is -1.99. The van der Waals surface area contributed by atoms with Gasteiger partial charge >= 0.3 is 0 Å². The summed E-state index contributed by atoms with van der Waals surface area (Å²) in [5.74, 6) is 0.887. The zero-order valence-corrected chi connectivity index (χ0v) is 13.1. The standard InChI is InChI=1S/C15H15BrOS/c1-10-14(18-11(2)15(10)16)9-6-12-4-7-13(17-3)8-5-12/h4-9H,1-3H3. The van der Waals surface area contributed by atoms with E-state index in [-0.39, 0.29) is 0 Å². The van der Waals surface area contributed by atoms with E-state index in [0.29, 0.717) is 0 Å². The van der Waals surface area contributed by atoms with Gasteiger partial charge in [0.15, 0.2) is 0 Å². The van der Waals surface area contributed by atoms with Crippen molar-refractivity contribution in [3.05, 3.63) is 49.6 Å². The zero-order chi connectivity index (χ0) is 13.1. The second-order valence-corrected chi connectivity index (χ2v) is 6.12. The minimum Gasteiger partial charge on any atom is -0.497 e. The van der Waals surface area contributed by atoms with Crippen LogP contribution >= 0.6 is 27.3 Å². The largest absolute Gasteiger partial charge is 0.497 e. The maximum Gasteiger partial charge on any atom is 0.118 e. The van der Waals surface area contributed by atoms with Gasteiger partial charge in [-0.3, -0.25) is 0 Å². The molecule has 0 bridgehead atoms. The summed E-state index contributed by atoms with van der Waals surface area (Å²) in [4.78, 5) is 2.62. The molecule has 0 saturated carbocycles. The van der Waals surface area contributed by atoms with Gasteiger partial charge in [0.2, 0.25) is 0 Å². The third-order valence-electron chi connectivity index (χ3n) is 2.81. The Morgan fingerprint density at radius 3 is 2.28 bits per heavy atom. The maximum atomic E-state index is 5.14. The lowest BCUT2D eigenvalue weighted by molar-refractivity contribution is 0.415. The lowest BCUT2D eigenvalue weighted by atomic mass is 10.2. The van der Waals surface area contributed by atoms with Crippen LogP contribution < -0.4 is 4.74 Å². The molecule has 18 heavy (non-hydrogen) atoms.